The molecule has 0 saturated heterocycles. The Hall–Kier alpha value is -1.13. The standard InChI is InChI=1S/C13H17NO2S/c1-16-13(15)8-11-6-7-12(17-11)9-14-10-4-2-3-5-10/h2-3,6-7,10,14H,4-5,8-9H2,1H3. The summed E-state index contributed by atoms with van der Waals surface area (Å²) in [6.45, 7) is 0.887. The van der Waals surface area contributed by atoms with Crippen molar-refractivity contribution in [2.24, 2.45) is 0 Å². The summed E-state index contributed by atoms with van der Waals surface area (Å²) < 4.78 is 4.65. The highest BCUT2D eigenvalue weighted by Crippen LogP contribution is 2.18. The van der Waals surface area contributed by atoms with Gasteiger partial charge in [0.05, 0.1) is 13.5 Å². The van der Waals surface area contributed by atoms with Gasteiger partial charge in [0.15, 0.2) is 0 Å². The fourth-order valence-corrected chi connectivity index (χ4v) is 2.81. The Morgan fingerprint density at radius 3 is 2.82 bits per heavy atom. The molecule has 0 unspecified atom stereocenters. The van der Waals surface area contributed by atoms with Crippen molar-refractivity contribution in [3.63, 3.8) is 0 Å². The molecule has 1 N–H and O–H groups in total. The molecule has 2 rings (SSSR count). The van der Waals surface area contributed by atoms with Crippen LogP contribution in [0.25, 0.3) is 0 Å². The minimum atomic E-state index is -0.175. The second-order valence-corrected chi connectivity index (χ2v) is 5.39. The van der Waals surface area contributed by atoms with E-state index in [1.54, 1.807) is 11.3 Å². The van der Waals surface area contributed by atoms with Gasteiger partial charge in [0.25, 0.3) is 0 Å². The van der Waals surface area contributed by atoms with Gasteiger partial charge in [-0.2, -0.15) is 0 Å². The molecule has 0 atom stereocenters. The van der Waals surface area contributed by atoms with Crippen LogP contribution in [0.2, 0.25) is 0 Å². The number of hydrogen-bond donors (Lipinski definition) is 1. The van der Waals surface area contributed by atoms with Crippen LogP contribution in [0, 0.1) is 0 Å². The number of thiophene rings is 1. The lowest BCUT2D eigenvalue weighted by Gasteiger charge is -2.10. The molecule has 0 amide bonds. The van der Waals surface area contributed by atoms with E-state index in [4.69, 9.17) is 0 Å². The monoisotopic (exact) mass is 251 g/mol. The van der Waals surface area contributed by atoms with Crippen molar-refractivity contribution in [1.82, 2.24) is 5.32 Å². The van der Waals surface area contributed by atoms with Crippen LogP contribution < -0.4 is 5.32 Å². The van der Waals surface area contributed by atoms with Crippen molar-refractivity contribution in [1.29, 1.82) is 0 Å². The molecule has 0 spiro atoms. The van der Waals surface area contributed by atoms with E-state index in [1.165, 1.54) is 12.0 Å². The van der Waals surface area contributed by atoms with Gasteiger partial charge in [0.2, 0.25) is 0 Å². The molecule has 0 fully saturated rings. The molecule has 1 aromatic rings. The van der Waals surface area contributed by atoms with Crippen LogP contribution in [0.4, 0.5) is 0 Å². The lowest BCUT2D eigenvalue weighted by molar-refractivity contribution is -0.139. The van der Waals surface area contributed by atoms with Crippen molar-refractivity contribution in [3.8, 4) is 0 Å². The number of nitrogens with one attached hydrogen (secondary N) is 1. The number of carbonyl (C=O) groups is 1. The second-order valence-electron chi connectivity index (χ2n) is 4.14. The highest BCUT2D eigenvalue weighted by Gasteiger charge is 2.10. The molecule has 0 aromatic carbocycles. The van der Waals surface area contributed by atoms with Crippen molar-refractivity contribution >= 4 is 17.3 Å². The zero-order valence-electron chi connectivity index (χ0n) is 9.94. The van der Waals surface area contributed by atoms with E-state index in [0.717, 1.165) is 24.3 Å². The maximum Gasteiger partial charge on any atom is 0.310 e. The smallest absolute Gasteiger partial charge is 0.310 e. The predicted octanol–water partition coefficient (Wildman–Crippen LogP) is 2.27. The van der Waals surface area contributed by atoms with Gasteiger partial charge in [-0.15, -0.1) is 11.3 Å². The second kappa shape index (κ2) is 5.98. The summed E-state index contributed by atoms with van der Waals surface area (Å²) in [5.74, 6) is -0.175. The van der Waals surface area contributed by atoms with E-state index in [1.807, 2.05) is 6.07 Å². The topological polar surface area (TPSA) is 38.3 Å². The van der Waals surface area contributed by atoms with E-state index < -0.39 is 0 Å². The summed E-state index contributed by atoms with van der Waals surface area (Å²) >= 11 is 1.68. The zero-order valence-corrected chi connectivity index (χ0v) is 10.8. The van der Waals surface area contributed by atoms with Gasteiger partial charge in [-0.25, -0.2) is 0 Å². The molecule has 17 heavy (non-hydrogen) atoms. The number of hydrogen-bond acceptors (Lipinski definition) is 4. The first-order valence-electron chi connectivity index (χ1n) is 5.80. The molecule has 1 aliphatic rings. The predicted molar refractivity (Wildman–Crippen MR) is 69.0 cm³/mol. The third kappa shape index (κ3) is 3.68. The van der Waals surface area contributed by atoms with Crippen LogP contribution in [0.1, 0.15) is 22.6 Å². The Labute approximate surface area is 105 Å². The minimum absolute atomic E-state index is 0.175. The molecule has 0 bridgehead atoms. The van der Waals surface area contributed by atoms with E-state index >= 15 is 0 Å². The largest absolute Gasteiger partial charge is 0.469 e. The van der Waals surface area contributed by atoms with Crippen LogP contribution >= 0.6 is 11.3 Å². The fraction of sp³-hybridized carbons (Fsp3) is 0.462. The summed E-state index contributed by atoms with van der Waals surface area (Å²) in [4.78, 5) is 13.5. The first kappa shape index (κ1) is 12.3. The molecule has 0 aliphatic heterocycles. The highest BCUT2D eigenvalue weighted by molar-refractivity contribution is 7.12. The quantitative estimate of drug-likeness (QED) is 0.644. The highest BCUT2D eigenvalue weighted by atomic mass is 32.1. The molecule has 4 heteroatoms. The lowest BCUT2D eigenvalue weighted by atomic mass is 10.2. The summed E-state index contributed by atoms with van der Waals surface area (Å²) in [7, 11) is 1.42. The summed E-state index contributed by atoms with van der Waals surface area (Å²) in [5.41, 5.74) is 0. The van der Waals surface area contributed by atoms with Crippen LogP contribution in [0.5, 0.6) is 0 Å². The van der Waals surface area contributed by atoms with E-state index in [0.29, 0.717) is 12.5 Å². The third-order valence-corrected chi connectivity index (χ3v) is 3.92. The number of methoxy groups -OCH3 is 1. The van der Waals surface area contributed by atoms with Crippen molar-refractivity contribution in [2.75, 3.05) is 7.11 Å². The average Bonchev–Trinajstić information content (AvgIpc) is 2.97. The molecule has 0 radical (unpaired) electrons. The normalized spacial score (nSPS) is 15.4. The number of esters is 1. The first-order chi connectivity index (χ1) is 8.28. The van der Waals surface area contributed by atoms with E-state index in [-0.39, 0.29) is 5.97 Å². The van der Waals surface area contributed by atoms with Crippen molar-refractivity contribution in [3.05, 3.63) is 34.0 Å². The van der Waals surface area contributed by atoms with Crippen LogP contribution in [-0.2, 0) is 22.5 Å². The number of ether oxygens (including phenoxy) is 1. The maximum absolute atomic E-state index is 11.1. The van der Waals surface area contributed by atoms with Gasteiger partial charge in [-0.3, -0.25) is 4.79 Å². The number of rotatable bonds is 5. The Balaban J connectivity index is 1.79. The van der Waals surface area contributed by atoms with Gasteiger partial charge in [-0.05, 0) is 25.0 Å². The Kier molecular flexibility index (Phi) is 4.34. The molecular formula is C13H17NO2S. The van der Waals surface area contributed by atoms with Crippen LogP contribution in [0.3, 0.4) is 0 Å². The summed E-state index contributed by atoms with van der Waals surface area (Å²) in [6.07, 6.45) is 7.07. The molecule has 1 heterocycles. The Morgan fingerprint density at radius 1 is 1.41 bits per heavy atom. The molecule has 3 nitrogen and oxygen atoms in total. The zero-order chi connectivity index (χ0) is 12.1. The summed E-state index contributed by atoms with van der Waals surface area (Å²) in [5, 5.41) is 3.51. The van der Waals surface area contributed by atoms with Crippen LogP contribution in [0.15, 0.2) is 24.3 Å². The molecule has 1 aliphatic carbocycles. The van der Waals surface area contributed by atoms with Crippen LogP contribution in [-0.4, -0.2) is 19.1 Å². The van der Waals surface area contributed by atoms with Gasteiger partial charge in [0, 0.05) is 22.3 Å². The third-order valence-electron chi connectivity index (χ3n) is 2.84. The SMILES string of the molecule is COC(=O)Cc1ccc(CNC2CC=CC2)s1. The fourth-order valence-electron chi connectivity index (χ4n) is 1.86. The van der Waals surface area contributed by atoms with E-state index in [9.17, 15) is 4.79 Å². The molecule has 1 aromatic heterocycles. The average molecular weight is 251 g/mol. The lowest BCUT2D eigenvalue weighted by Crippen LogP contribution is -2.25. The van der Waals surface area contributed by atoms with Crippen molar-refractivity contribution in [2.45, 2.75) is 31.8 Å². The summed E-state index contributed by atoms with van der Waals surface area (Å²) in [6, 6.07) is 4.67. The maximum atomic E-state index is 11.1. The first-order valence-corrected chi connectivity index (χ1v) is 6.62. The van der Waals surface area contributed by atoms with E-state index in [2.05, 4.69) is 28.3 Å². The molecular weight excluding hydrogens is 234 g/mol. The minimum Gasteiger partial charge on any atom is -0.469 e. The van der Waals surface area contributed by atoms with Gasteiger partial charge in [0.1, 0.15) is 0 Å². The van der Waals surface area contributed by atoms with Gasteiger partial charge >= 0.3 is 5.97 Å². The Morgan fingerprint density at radius 2 is 2.12 bits per heavy atom. The number of carbonyl (C=O) groups excluding carboxylic acids is 1. The van der Waals surface area contributed by atoms with Crippen molar-refractivity contribution < 1.29 is 9.53 Å². The Bertz CT molecular complexity index is 403. The molecule has 92 valence electrons. The van der Waals surface area contributed by atoms with Gasteiger partial charge in [-0.1, -0.05) is 12.2 Å². The van der Waals surface area contributed by atoms with Gasteiger partial charge < -0.3 is 10.1 Å². The molecule has 0 saturated carbocycles.